The Bertz CT molecular complexity index is 644. The standard InChI is InChI=1S/C17H16O4/c1-12-4-2-3-5-15(12)17(20)21-14-9-6-13(7-10-14)8-11-16(18)19/h2-7,9-10H,8,11H2,1H3,(H,18,19). The molecule has 0 saturated heterocycles. The minimum atomic E-state index is -0.829. The molecule has 4 heteroatoms. The lowest BCUT2D eigenvalue weighted by Gasteiger charge is -2.07. The molecule has 0 amide bonds. The third-order valence-electron chi connectivity index (χ3n) is 3.13. The molecular formula is C17H16O4. The highest BCUT2D eigenvalue weighted by Gasteiger charge is 2.10. The van der Waals surface area contributed by atoms with Crippen LogP contribution in [0.25, 0.3) is 0 Å². The molecule has 2 rings (SSSR count). The second kappa shape index (κ2) is 6.70. The van der Waals surface area contributed by atoms with Crippen molar-refractivity contribution in [3.8, 4) is 5.75 Å². The van der Waals surface area contributed by atoms with Gasteiger partial charge in [0.25, 0.3) is 0 Å². The lowest BCUT2D eigenvalue weighted by molar-refractivity contribution is -0.136. The van der Waals surface area contributed by atoms with Crippen LogP contribution < -0.4 is 4.74 Å². The molecule has 4 nitrogen and oxygen atoms in total. The van der Waals surface area contributed by atoms with Crippen LogP contribution in [0.5, 0.6) is 5.75 Å². The van der Waals surface area contributed by atoms with Gasteiger partial charge in [0.1, 0.15) is 5.75 Å². The first-order valence-corrected chi connectivity index (χ1v) is 6.65. The molecule has 0 spiro atoms. The summed E-state index contributed by atoms with van der Waals surface area (Å²) in [5, 5.41) is 8.63. The summed E-state index contributed by atoms with van der Waals surface area (Å²) in [5.41, 5.74) is 2.29. The van der Waals surface area contributed by atoms with Gasteiger partial charge >= 0.3 is 11.9 Å². The molecule has 0 radical (unpaired) electrons. The van der Waals surface area contributed by atoms with E-state index in [2.05, 4.69) is 0 Å². The van der Waals surface area contributed by atoms with Crippen molar-refractivity contribution >= 4 is 11.9 Å². The van der Waals surface area contributed by atoms with E-state index in [1.807, 2.05) is 19.1 Å². The second-order valence-electron chi connectivity index (χ2n) is 4.74. The Morgan fingerprint density at radius 2 is 1.71 bits per heavy atom. The highest BCUT2D eigenvalue weighted by molar-refractivity contribution is 5.92. The van der Waals surface area contributed by atoms with E-state index in [4.69, 9.17) is 9.84 Å². The van der Waals surface area contributed by atoms with Crippen LogP contribution in [0.2, 0.25) is 0 Å². The Kier molecular flexibility index (Phi) is 4.72. The van der Waals surface area contributed by atoms with E-state index in [0.29, 0.717) is 17.7 Å². The molecule has 0 aromatic heterocycles. The van der Waals surface area contributed by atoms with E-state index in [-0.39, 0.29) is 6.42 Å². The summed E-state index contributed by atoms with van der Waals surface area (Å²) in [4.78, 5) is 22.5. The predicted octanol–water partition coefficient (Wildman–Crippen LogP) is 3.23. The summed E-state index contributed by atoms with van der Waals surface area (Å²) in [6.45, 7) is 1.85. The minimum absolute atomic E-state index is 0.0857. The second-order valence-corrected chi connectivity index (χ2v) is 4.74. The van der Waals surface area contributed by atoms with Gasteiger partial charge < -0.3 is 9.84 Å². The van der Waals surface area contributed by atoms with E-state index in [0.717, 1.165) is 11.1 Å². The third-order valence-corrected chi connectivity index (χ3v) is 3.13. The number of rotatable bonds is 5. The van der Waals surface area contributed by atoms with E-state index < -0.39 is 11.9 Å². The SMILES string of the molecule is Cc1ccccc1C(=O)Oc1ccc(CCC(=O)O)cc1. The van der Waals surface area contributed by atoms with E-state index >= 15 is 0 Å². The van der Waals surface area contributed by atoms with Gasteiger partial charge in [0.05, 0.1) is 5.56 Å². The van der Waals surface area contributed by atoms with Gasteiger partial charge in [0.2, 0.25) is 0 Å². The number of benzene rings is 2. The van der Waals surface area contributed by atoms with Gasteiger partial charge in [-0.1, -0.05) is 30.3 Å². The number of aryl methyl sites for hydroxylation is 2. The maximum Gasteiger partial charge on any atom is 0.343 e. The fourth-order valence-corrected chi connectivity index (χ4v) is 1.94. The van der Waals surface area contributed by atoms with Crippen LogP contribution in [0, 0.1) is 6.92 Å². The molecular weight excluding hydrogens is 268 g/mol. The highest BCUT2D eigenvalue weighted by atomic mass is 16.5. The zero-order chi connectivity index (χ0) is 15.2. The van der Waals surface area contributed by atoms with E-state index in [1.165, 1.54) is 0 Å². The zero-order valence-corrected chi connectivity index (χ0v) is 11.7. The van der Waals surface area contributed by atoms with Crippen LogP contribution in [0.1, 0.15) is 27.9 Å². The van der Waals surface area contributed by atoms with Crippen molar-refractivity contribution < 1.29 is 19.4 Å². The molecule has 0 heterocycles. The lowest BCUT2D eigenvalue weighted by atomic mass is 10.1. The van der Waals surface area contributed by atoms with E-state index in [1.54, 1.807) is 36.4 Å². The number of ether oxygens (including phenoxy) is 1. The Hall–Kier alpha value is -2.62. The van der Waals surface area contributed by atoms with Crippen LogP contribution in [-0.2, 0) is 11.2 Å². The summed E-state index contributed by atoms with van der Waals surface area (Å²) in [6.07, 6.45) is 0.545. The number of hydrogen-bond acceptors (Lipinski definition) is 3. The van der Waals surface area contributed by atoms with Crippen LogP contribution in [0.3, 0.4) is 0 Å². The summed E-state index contributed by atoms with van der Waals surface area (Å²) < 4.78 is 5.31. The number of carboxylic acids is 1. The Labute approximate surface area is 123 Å². The fourth-order valence-electron chi connectivity index (χ4n) is 1.94. The van der Waals surface area contributed by atoms with Crippen molar-refractivity contribution in [1.82, 2.24) is 0 Å². The molecule has 0 saturated carbocycles. The number of hydrogen-bond donors (Lipinski definition) is 1. The maximum absolute atomic E-state index is 12.0. The first-order valence-electron chi connectivity index (χ1n) is 6.65. The molecule has 0 bridgehead atoms. The summed E-state index contributed by atoms with van der Waals surface area (Å²) in [7, 11) is 0. The monoisotopic (exact) mass is 284 g/mol. The van der Waals surface area contributed by atoms with Crippen LogP contribution in [0.4, 0.5) is 0 Å². The van der Waals surface area contributed by atoms with Crippen molar-refractivity contribution in [3.63, 3.8) is 0 Å². The molecule has 2 aromatic carbocycles. The number of carboxylic acid groups (broad SMARTS) is 1. The van der Waals surface area contributed by atoms with Gasteiger partial charge in [-0.05, 0) is 42.7 Å². The highest BCUT2D eigenvalue weighted by Crippen LogP contribution is 2.16. The van der Waals surface area contributed by atoms with Crippen molar-refractivity contribution in [3.05, 3.63) is 65.2 Å². The average molecular weight is 284 g/mol. The Balaban J connectivity index is 2.02. The fraction of sp³-hybridized carbons (Fsp3) is 0.176. The molecule has 0 unspecified atom stereocenters. The van der Waals surface area contributed by atoms with Crippen molar-refractivity contribution in [2.45, 2.75) is 19.8 Å². The zero-order valence-electron chi connectivity index (χ0n) is 11.7. The maximum atomic E-state index is 12.0. The molecule has 0 aliphatic rings. The Morgan fingerprint density at radius 1 is 1.05 bits per heavy atom. The molecule has 0 fully saturated rings. The first kappa shape index (κ1) is 14.8. The summed E-state index contributed by atoms with van der Waals surface area (Å²) >= 11 is 0. The third kappa shape index (κ3) is 4.18. The van der Waals surface area contributed by atoms with Gasteiger partial charge in [0.15, 0.2) is 0 Å². The average Bonchev–Trinajstić information content (AvgIpc) is 2.47. The predicted molar refractivity (Wildman–Crippen MR) is 78.5 cm³/mol. The molecule has 2 aromatic rings. The van der Waals surface area contributed by atoms with Gasteiger partial charge in [-0.3, -0.25) is 4.79 Å². The normalized spacial score (nSPS) is 10.1. The smallest absolute Gasteiger partial charge is 0.343 e. The first-order chi connectivity index (χ1) is 10.1. The quantitative estimate of drug-likeness (QED) is 0.676. The number of carbonyl (C=O) groups is 2. The van der Waals surface area contributed by atoms with Gasteiger partial charge in [-0.25, -0.2) is 4.79 Å². The molecule has 108 valence electrons. The van der Waals surface area contributed by atoms with Gasteiger partial charge in [0, 0.05) is 6.42 Å². The van der Waals surface area contributed by atoms with E-state index in [9.17, 15) is 9.59 Å². The molecule has 0 atom stereocenters. The number of esters is 1. The summed E-state index contributed by atoms with van der Waals surface area (Å²) in [5.74, 6) is -0.779. The molecule has 0 aliphatic carbocycles. The Morgan fingerprint density at radius 3 is 2.33 bits per heavy atom. The van der Waals surface area contributed by atoms with Gasteiger partial charge in [-0.15, -0.1) is 0 Å². The van der Waals surface area contributed by atoms with Crippen LogP contribution in [-0.4, -0.2) is 17.0 Å². The van der Waals surface area contributed by atoms with Gasteiger partial charge in [-0.2, -0.15) is 0 Å². The largest absolute Gasteiger partial charge is 0.481 e. The molecule has 0 aliphatic heterocycles. The van der Waals surface area contributed by atoms with Crippen molar-refractivity contribution in [1.29, 1.82) is 0 Å². The summed E-state index contributed by atoms with van der Waals surface area (Å²) in [6, 6.07) is 14.1. The van der Waals surface area contributed by atoms with Crippen LogP contribution >= 0.6 is 0 Å². The van der Waals surface area contributed by atoms with Crippen molar-refractivity contribution in [2.75, 3.05) is 0 Å². The van der Waals surface area contributed by atoms with Crippen LogP contribution in [0.15, 0.2) is 48.5 Å². The molecule has 21 heavy (non-hydrogen) atoms. The number of carbonyl (C=O) groups excluding carboxylic acids is 1. The lowest BCUT2D eigenvalue weighted by Crippen LogP contribution is -2.10. The van der Waals surface area contributed by atoms with Crippen molar-refractivity contribution in [2.24, 2.45) is 0 Å². The minimum Gasteiger partial charge on any atom is -0.481 e. The molecule has 1 N–H and O–H groups in total. The topological polar surface area (TPSA) is 63.6 Å². The number of aliphatic carboxylic acids is 1.